The number of rotatable bonds is 59. The standard InChI is InChI=1S/C66H125N2O7P/c1-7-10-13-16-19-22-25-27-29-30-31-32-33-34-35-36-37-38-39-41-44-47-50-53-56-59-66(70)75-64(57-54-51-48-45-42-24-21-18-15-12-9-3)63(62-74-76(71,72)73-61-60-68(4,5)6)67-65(69)58-55-52-49-46-43-40-28-26-23-20-17-14-11-8-2/h19,22,27,29,40,43,54,57,63-64H,7-18,20-21,23-26,28,30-39,41-42,44-53,55-56,58-62H2,1-6H3,(H-,67,69,71,72)/p+1/b22-19-,29-27-,43-40-,57-54-. The van der Waals surface area contributed by atoms with E-state index in [1.165, 1.54) is 199 Å². The van der Waals surface area contributed by atoms with E-state index in [1.807, 2.05) is 33.3 Å². The van der Waals surface area contributed by atoms with Crippen LogP contribution >= 0.6 is 7.82 Å². The third-order valence-corrected chi connectivity index (χ3v) is 15.5. The molecular formula is C66H126N2O7P+. The maximum atomic E-state index is 13.5. The minimum atomic E-state index is -4.45. The van der Waals surface area contributed by atoms with E-state index >= 15 is 0 Å². The summed E-state index contributed by atoms with van der Waals surface area (Å²) in [6.07, 6.45) is 69.8. The number of amides is 1. The molecule has 0 radical (unpaired) electrons. The van der Waals surface area contributed by atoms with Gasteiger partial charge in [0.25, 0.3) is 0 Å². The lowest BCUT2D eigenvalue weighted by atomic mass is 10.0. The Morgan fingerprint density at radius 3 is 1.24 bits per heavy atom. The largest absolute Gasteiger partial charge is 0.472 e. The van der Waals surface area contributed by atoms with Crippen molar-refractivity contribution >= 4 is 19.7 Å². The molecule has 0 aliphatic heterocycles. The molecule has 3 atom stereocenters. The van der Waals surface area contributed by atoms with Crippen LogP contribution in [0.2, 0.25) is 0 Å². The second-order valence-electron chi connectivity index (χ2n) is 23.3. The van der Waals surface area contributed by atoms with Gasteiger partial charge in [-0.25, -0.2) is 4.57 Å². The minimum absolute atomic E-state index is 0.0386. The summed E-state index contributed by atoms with van der Waals surface area (Å²) in [7, 11) is 1.49. The van der Waals surface area contributed by atoms with Gasteiger partial charge in [0.2, 0.25) is 5.91 Å². The molecule has 0 aliphatic carbocycles. The summed E-state index contributed by atoms with van der Waals surface area (Å²) in [5, 5.41) is 3.05. The highest BCUT2D eigenvalue weighted by Crippen LogP contribution is 2.43. The highest BCUT2D eigenvalue weighted by atomic mass is 31.2. The molecule has 0 spiro atoms. The third kappa shape index (κ3) is 56.7. The SMILES string of the molecule is CCCCC/C=C\C/C=C\CCCCCCCCCCCCCCCCCC(=O)OC(/C=C\CCCCCCCCCCC)C(COP(=O)(O)OCC[N+](C)(C)C)NC(=O)CCCCC/C=C\CCCCCCCCC. The Kier molecular flexibility index (Phi) is 54.7. The highest BCUT2D eigenvalue weighted by molar-refractivity contribution is 7.47. The van der Waals surface area contributed by atoms with Crippen molar-refractivity contribution in [2.24, 2.45) is 0 Å². The fourth-order valence-electron chi connectivity index (χ4n) is 9.44. The predicted octanol–water partition coefficient (Wildman–Crippen LogP) is 20.1. The molecule has 0 saturated carbocycles. The monoisotopic (exact) mass is 1090 g/mol. The van der Waals surface area contributed by atoms with Gasteiger partial charge in [-0.15, -0.1) is 0 Å². The summed E-state index contributed by atoms with van der Waals surface area (Å²) in [6.45, 7) is 6.99. The predicted molar refractivity (Wildman–Crippen MR) is 328 cm³/mol. The van der Waals surface area contributed by atoms with Crippen LogP contribution in [0.25, 0.3) is 0 Å². The van der Waals surface area contributed by atoms with E-state index in [0.29, 0.717) is 23.9 Å². The van der Waals surface area contributed by atoms with E-state index in [1.54, 1.807) is 0 Å². The molecule has 76 heavy (non-hydrogen) atoms. The Hall–Kier alpha value is -2.03. The van der Waals surface area contributed by atoms with Crippen molar-refractivity contribution in [2.75, 3.05) is 40.9 Å². The van der Waals surface area contributed by atoms with Gasteiger partial charge in [0.1, 0.15) is 19.3 Å². The van der Waals surface area contributed by atoms with Crippen molar-refractivity contribution in [3.63, 3.8) is 0 Å². The Labute approximate surface area is 471 Å². The smallest absolute Gasteiger partial charge is 0.456 e. The van der Waals surface area contributed by atoms with E-state index in [9.17, 15) is 19.0 Å². The molecule has 1 amide bonds. The first-order chi connectivity index (χ1) is 36.9. The summed E-state index contributed by atoms with van der Waals surface area (Å²) >= 11 is 0. The Morgan fingerprint density at radius 2 is 0.803 bits per heavy atom. The fourth-order valence-corrected chi connectivity index (χ4v) is 10.2. The summed E-state index contributed by atoms with van der Waals surface area (Å²) < 4.78 is 30.7. The number of carbonyl (C=O) groups is 2. The summed E-state index contributed by atoms with van der Waals surface area (Å²) in [4.78, 5) is 37.7. The topological polar surface area (TPSA) is 111 Å². The molecule has 0 fully saturated rings. The second kappa shape index (κ2) is 56.3. The number of nitrogens with zero attached hydrogens (tertiary/aromatic N) is 1. The number of unbranched alkanes of at least 4 members (excludes halogenated alkanes) is 37. The van der Waals surface area contributed by atoms with Gasteiger partial charge in [-0.3, -0.25) is 18.6 Å². The normalized spacial score (nSPS) is 13.9. The lowest BCUT2D eigenvalue weighted by molar-refractivity contribution is -0.870. The van der Waals surface area contributed by atoms with Gasteiger partial charge in [-0.05, 0) is 89.5 Å². The number of hydrogen-bond donors (Lipinski definition) is 2. The molecule has 2 N–H and O–H groups in total. The van der Waals surface area contributed by atoms with Crippen molar-refractivity contribution in [1.29, 1.82) is 0 Å². The zero-order valence-corrected chi connectivity index (χ0v) is 51.9. The molecule has 3 unspecified atom stereocenters. The van der Waals surface area contributed by atoms with Crippen LogP contribution in [0.3, 0.4) is 0 Å². The van der Waals surface area contributed by atoms with Crippen molar-refractivity contribution in [2.45, 2.75) is 322 Å². The number of allylic oxidation sites excluding steroid dienone is 7. The summed E-state index contributed by atoms with van der Waals surface area (Å²) in [5.74, 6) is -0.514. The van der Waals surface area contributed by atoms with Crippen LogP contribution in [-0.4, -0.2) is 74.3 Å². The third-order valence-electron chi connectivity index (χ3n) is 14.5. The molecule has 446 valence electrons. The number of ether oxygens (including phenoxy) is 1. The Morgan fingerprint density at radius 1 is 0.461 bits per heavy atom. The molecule has 0 aromatic heterocycles. The van der Waals surface area contributed by atoms with Gasteiger partial charge in [-0.1, -0.05) is 256 Å². The van der Waals surface area contributed by atoms with E-state index in [0.717, 1.165) is 77.0 Å². The van der Waals surface area contributed by atoms with Gasteiger partial charge in [-0.2, -0.15) is 0 Å². The zero-order valence-electron chi connectivity index (χ0n) is 51.0. The number of hydrogen-bond acceptors (Lipinski definition) is 6. The molecular weight excluding hydrogens is 964 g/mol. The number of carbonyl (C=O) groups excluding carboxylic acids is 2. The van der Waals surface area contributed by atoms with Crippen LogP contribution in [0.1, 0.15) is 310 Å². The van der Waals surface area contributed by atoms with E-state index < -0.39 is 20.0 Å². The molecule has 0 aliphatic rings. The minimum Gasteiger partial charge on any atom is -0.456 e. The van der Waals surface area contributed by atoms with Crippen LogP contribution < -0.4 is 5.32 Å². The average molecular weight is 1090 g/mol. The molecule has 0 rings (SSSR count). The number of phosphoric ester groups is 1. The van der Waals surface area contributed by atoms with Gasteiger partial charge in [0.05, 0.1) is 33.8 Å². The molecule has 0 heterocycles. The summed E-state index contributed by atoms with van der Waals surface area (Å²) in [6, 6.07) is -0.854. The lowest BCUT2D eigenvalue weighted by Crippen LogP contribution is -2.47. The maximum absolute atomic E-state index is 13.5. The second-order valence-corrected chi connectivity index (χ2v) is 24.7. The lowest BCUT2D eigenvalue weighted by Gasteiger charge is -2.27. The first-order valence-electron chi connectivity index (χ1n) is 32.5. The average Bonchev–Trinajstić information content (AvgIpc) is 3.38. The van der Waals surface area contributed by atoms with Gasteiger partial charge in [0.15, 0.2) is 0 Å². The van der Waals surface area contributed by atoms with Crippen LogP contribution in [0.4, 0.5) is 0 Å². The van der Waals surface area contributed by atoms with Gasteiger partial charge < -0.3 is 19.4 Å². The first kappa shape index (κ1) is 74.0. The molecule has 0 saturated heterocycles. The van der Waals surface area contributed by atoms with Gasteiger partial charge >= 0.3 is 13.8 Å². The van der Waals surface area contributed by atoms with Crippen LogP contribution in [0, 0.1) is 0 Å². The van der Waals surface area contributed by atoms with Gasteiger partial charge in [0, 0.05) is 12.8 Å². The van der Waals surface area contributed by atoms with Crippen molar-refractivity contribution in [3.05, 3.63) is 48.6 Å². The Balaban J connectivity index is 5.05. The zero-order chi connectivity index (χ0) is 55.7. The van der Waals surface area contributed by atoms with E-state index in [2.05, 4.69) is 62.5 Å². The number of esters is 1. The molecule has 0 aromatic carbocycles. The number of likely N-dealkylation sites (N-methyl/N-ethyl adjacent to an activating group) is 1. The maximum Gasteiger partial charge on any atom is 0.472 e. The van der Waals surface area contributed by atoms with Crippen molar-refractivity contribution in [3.8, 4) is 0 Å². The number of nitrogens with one attached hydrogen (secondary N) is 1. The molecule has 9 nitrogen and oxygen atoms in total. The molecule has 0 bridgehead atoms. The summed E-state index contributed by atoms with van der Waals surface area (Å²) in [5.41, 5.74) is 0. The molecule has 0 aromatic rings. The fraction of sp³-hybridized carbons (Fsp3) is 0.848. The van der Waals surface area contributed by atoms with Crippen molar-refractivity contribution in [1.82, 2.24) is 5.32 Å². The Bertz CT molecular complexity index is 1440. The van der Waals surface area contributed by atoms with Crippen LogP contribution in [-0.2, 0) is 27.9 Å². The number of phosphoric acid groups is 1. The van der Waals surface area contributed by atoms with E-state index in [-0.39, 0.29) is 25.1 Å². The van der Waals surface area contributed by atoms with Crippen LogP contribution in [0.5, 0.6) is 0 Å². The van der Waals surface area contributed by atoms with Crippen LogP contribution in [0.15, 0.2) is 48.6 Å². The van der Waals surface area contributed by atoms with E-state index in [4.69, 9.17) is 13.8 Å². The molecule has 10 heteroatoms. The first-order valence-corrected chi connectivity index (χ1v) is 34.0. The van der Waals surface area contributed by atoms with Crippen molar-refractivity contribution < 1.29 is 37.3 Å². The highest BCUT2D eigenvalue weighted by Gasteiger charge is 2.30. The number of quaternary nitrogens is 1. The quantitative estimate of drug-likeness (QED) is 0.0205.